The van der Waals surface area contributed by atoms with Gasteiger partial charge in [-0.05, 0) is 11.1 Å². The lowest BCUT2D eigenvalue weighted by atomic mass is 10.5. The van der Waals surface area contributed by atoms with Crippen molar-refractivity contribution in [2.24, 2.45) is 0 Å². The van der Waals surface area contributed by atoms with E-state index in [0.29, 0.717) is 0 Å². The van der Waals surface area contributed by atoms with Gasteiger partial charge in [-0.3, -0.25) is 0 Å². The Kier molecular flexibility index (Phi) is 3.33. The summed E-state index contributed by atoms with van der Waals surface area (Å²) in [5.41, 5.74) is 0. The number of nitrogens with zero attached hydrogens (tertiary/aromatic N) is 1. The Morgan fingerprint density at radius 2 is 1.88 bits per heavy atom. The molecule has 0 aliphatic rings. The van der Waals surface area contributed by atoms with E-state index in [9.17, 15) is 0 Å². The molecule has 0 aromatic heterocycles. The molecule has 0 aromatic rings. The Labute approximate surface area is 59.7 Å². The highest BCUT2D eigenvalue weighted by Gasteiger charge is 2.00. The second-order valence-corrected chi connectivity index (χ2v) is 3.36. The molecule has 0 saturated heterocycles. The molecule has 48 valence electrons. The van der Waals surface area contributed by atoms with E-state index in [1.54, 1.807) is 0 Å². The van der Waals surface area contributed by atoms with Crippen molar-refractivity contribution in [2.75, 3.05) is 27.7 Å². The molecular weight excluding hydrogens is 166 g/mol. The number of likely N-dealkylation sites (N-methyl/N-ethyl adjacent to an activating group) is 1. The first-order valence-corrected chi connectivity index (χ1v) is 3.53. The van der Waals surface area contributed by atoms with Crippen LogP contribution in [0.1, 0.15) is 0 Å². The average Bonchev–Trinajstić information content (AvgIpc) is 1.59. The van der Waals surface area contributed by atoms with Gasteiger partial charge >= 0.3 is 0 Å². The second-order valence-electron chi connectivity index (χ2n) is 2.83. The van der Waals surface area contributed by atoms with E-state index in [0.717, 1.165) is 11.0 Å². The molecule has 0 bridgehead atoms. The molecule has 0 spiro atoms. The van der Waals surface area contributed by atoms with Crippen molar-refractivity contribution in [1.82, 2.24) is 0 Å². The maximum atomic E-state index is 3.21. The van der Waals surface area contributed by atoms with Crippen LogP contribution in [0.25, 0.3) is 0 Å². The third-order valence-electron chi connectivity index (χ3n) is 0.742. The first kappa shape index (κ1) is 8.18. The standard InChI is InChI=1S/C6H13BrN/c1-8(2,3)6-4-5-7/h4-5H,6H2,1-3H3/q+1. The van der Waals surface area contributed by atoms with Crippen LogP contribution < -0.4 is 0 Å². The molecule has 0 N–H and O–H groups in total. The molecule has 0 saturated carbocycles. The molecule has 0 heterocycles. The van der Waals surface area contributed by atoms with Crippen LogP contribution in [0, 0.1) is 0 Å². The zero-order valence-corrected chi connectivity index (χ0v) is 7.27. The SMILES string of the molecule is C[N+](C)(C)CC=CBr. The highest BCUT2D eigenvalue weighted by atomic mass is 79.9. The van der Waals surface area contributed by atoms with Gasteiger partial charge in [0.25, 0.3) is 0 Å². The summed E-state index contributed by atoms with van der Waals surface area (Å²) in [4.78, 5) is 1.90. The molecule has 8 heavy (non-hydrogen) atoms. The molecule has 0 aliphatic carbocycles. The quantitative estimate of drug-likeness (QED) is 0.565. The number of quaternary nitrogens is 1. The Hall–Kier alpha value is 0.180. The van der Waals surface area contributed by atoms with Crippen molar-refractivity contribution >= 4 is 15.9 Å². The first-order valence-electron chi connectivity index (χ1n) is 2.62. The van der Waals surface area contributed by atoms with Crippen LogP contribution >= 0.6 is 15.9 Å². The van der Waals surface area contributed by atoms with Gasteiger partial charge in [0.1, 0.15) is 0 Å². The van der Waals surface area contributed by atoms with E-state index in [4.69, 9.17) is 0 Å². The molecule has 1 nitrogen and oxygen atoms in total. The molecule has 0 fully saturated rings. The monoisotopic (exact) mass is 178 g/mol. The van der Waals surface area contributed by atoms with E-state index >= 15 is 0 Å². The van der Waals surface area contributed by atoms with Gasteiger partial charge in [-0.2, -0.15) is 0 Å². The predicted octanol–water partition coefficient (Wildman–Crippen LogP) is 1.60. The van der Waals surface area contributed by atoms with Gasteiger partial charge in [0.2, 0.25) is 0 Å². The zero-order valence-electron chi connectivity index (χ0n) is 5.69. The number of halogens is 1. The van der Waals surface area contributed by atoms with Gasteiger partial charge in [-0.25, -0.2) is 0 Å². The molecule has 0 radical (unpaired) electrons. The average molecular weight is 179 g/mol. The minimum absolute atomic E-state index is 0.988. The zero-order chi connectivity index (χ0) is 6.62. The summed E-state index contributed by atoms with van der Waals surface area (Å²) in [5, 5.41) is 0. The molecule has 2 heteroatoms. The third kappa shape index (κ3) is 6.18. The van der Waals surface area contributed by atoms with Crippen LogP contribution in [-0.2, 0) is 0 Å². The topological polar surface area (TPSA) is 0 Å². The fourth-order valence-electron chi connectivity index (χ4n) is 0.356. The van der Waals surface area contributed by atoms with Crippen LogP contribution in [0.2, 0.25) is 0 Å². The summed E-state index contributed by atoms with van der Waals surface area (Å²) in [6, 6.07) is 0. The lowest BCUT2D eigenvalue weighted by molar-refractivity contribution is -0.864. The Morgan fingerprint density at radius 1 is 1.38 bits per heavy atom. The smallest absolute Gasteiger partial charge is 0.0975 e. The van der Waals surface area contributed by atoms with Crippen molar-refractivity contribution in [3.63, 3.8) is 0 Å². The van der Waals surface area contributed by atoms with Crippen molar-refractivity contribution in [2.45, 2.75) is 0 Å². The fraction of sp³-hybridized carbons (Fsp3) is 0.667. The summed E-state index contributed by atoms with van der Waals surface area (Å²) in [5.74, 6) is 0. The number of hydrogen-bond acceptors (Lipinski definition) is 0. The van der Waals surface area contributed by atoms with Gasteiger partial charge in [0.15, 0.2) is 0 Å². The molecule has 0 unspecified atom stereocenters. The molecular formula is C6H13BrN+. The van der Waals surface area contributed by atoms with Gasteiger partial charge in [0.05, 0.1) is 27.7 Å². The lowest BCUT2D eigenvalue weighted by Crippen LogP contribution is -2.34. The summed E-state index contributed by atoms with van der Waals surface area (Å²) < 4.78 is 0.988. The van der Waals surface area contributed by atoms with E-state index in [-0.39, 0.29) is 0 Å². The Bertz CT molecular complexity index is 81.0. The molecule has 0 aromatic carbocycles. The van der Waals surface area contributed by atoms with Crippen LogP contribution in [0.5, 0.6) is 0 Å². The summed E-state index contributed by atoms with van der Waals surface area (Å²) >= 11 is 3.21. The van der Waals surface area contributed by atoms with Gasteiger partial charge in [-0.1, -0.05) is 15.9 Å². The Morgan fingerprint density at radius 3 is 2.00 bits per heavy atom. The first-order chi connectivity index (χ1) is 3.56. The molecule has 0 rings (SSSR count). The minimum atomic E-state index is 0.988. The van der Waals surface area contributed by atoms with Crippen molar-refractivity contribution in [3.8, 4) is 0 Å². The van der Waals surface area contributed by atoms with E-state index in [1.165, 1.54) is 0 Å². The molecule has 0 aliphatic heterocycles. The predicted molar refractivity (Wildman–Crippen MR) is 41.0 cm³/mol. The van der Waals surface area contributed by atoms with Crippen LogP contribution in [0.3, 0.4) is 0 Å². The summed E-state index contributed by atoms with van der Waals surface area (Å²) in [6.45, 7) is 1.07. The van der Waals surface area contributed by atoms with Crippen molar-refractivity contribution in [1.29, 1.82) is 0 Å². The summed E-state index contributed by atoms with van der Waals surface area (Å²) in [7, 11) is 6.48. The highest BCUT2D eigenvalue weighted by Crippen LogP contribution is 1.91. The van der Waals surface area contributed by atoms with Crippen molar-refractivity contribution < 1.29 is 4.48 Å². The second kappa shape index (κ2) is 3.25. The normalized spacial score (nSPS) is 13.0. The van der Waals surface area contributed by atoms with Crippen LogP contribution in [0.15, 0.2) is 11.1 Å². The largest absolute Gasteiger partial charge is 0.328 e. The highest BCUT2D eigenvalue weighted by molar-refractivity contribution is 9.11. The van der Waals surface area contributed by atoms with E-state index < -0.39 is 0 Å². The third-order valence-corrected chi connectivity index (χ3v) is 1.12. The van der Waals surface area contributed by atoms with E-state index in [1.807, 2.05) is 4.99 Å². The van der Waals surface area contributed by atoms with E-state index in [2.05, 4.69) is 43.1 Å². The molecule has 0 amide bonds. The van der Waals surface area contributed by atoms with Gasteiger partial charge in [0, 0.05) is 0 Å². The van der Waals surface area contributed by atoms with Gasteiger partial charge < -0.3 is 4.48 Å². The summed E-state index contributed by atoms with van der Waals surface area (Å²) in [6.07, 6.45) is 2.10. The lowest BCUT2D eigenvalue weighted by Gasteiger charge is -2.21. The van der Waals surface area contributed by atoms with Crippen LogP contribution in [0.4, 0.5) is 0 Å². The minimum Gasteiger partial charge on any atom is -0.328 e. The molecule has 0 atom stereocenters. The Balaban J connectivity index is 3.39. The maximum Gasteiger partial charge on any atom is 0.0975 e. The maximum absolute atomic E-state index is 3.21. The number of hydrogen-bond donors (Lipinski definition) is 0. The fourth-order valence-corrected chi connectivity index (χ4v) is 0.523. The number of rotatable bonds is 2. The van der Waals surface area contributed by atoms with Gasteiger partial charge in [-0.15, -0.1) is 0 Å². The van der Waals surface area contributed by atoms with Crippen LogP contribution in [-0.4, -0.2) is 32.2 Å². The van der Waals surface area contributed by atoms with Crippen molar-refractivity contribution in [3.05, 3.63) is 11.1 Å².